The molecule has 0 saturated carbocycles. The number of likely N-dealkylation sites (N-methyl/N-ethyl adjacent to an activating group) is 1. The van der Waals surface area contributed by atoms with Gasteiger partial charge in [0.05, 0.1) is 13.2 Å². The van der Waals surface area contributed by atoms with Gasteiger partial charge in [0.15, 0.2) is 5.96 Å². The highest BCUT2D eigenvalue weighted by molar-refractivity contribution is 14.0. The summed E-state index contributed by atoms with van der Waals surface area (Å²) in [6.45, 7) is 10.2. The Morgan fingerprint density at radius 1 is 1.22 bits per heavy atom. The van der Waals surface area contributed by atoms with Crippen molar-refractivity contribution in [3.05, 3.63) is 12.7 Å². The quantitative estimate of drug-likeness (QED) is 0.155. The fourth-order valence-electron chi connectivity index (χ4n) is 2.67. The van der Waals surface area contributed by atoms with Crippen LogP contribution in [0.25, 0.3) is 0 Å². The van der Waals surface area contributed by atoms with Crippen molar-refractivity contribution in [3.63, 3.8) is 0 Å². The molecule has 0 aromatic heterocycles. The number of ether oxygens (including phenoxy) is 1. The van der Waals surface area contributed by atoms with Crippen LogP contribution in [0, 0.1) is 0 Å². The Bertz CT molecular complexity index is 440. The molecule has 7 nitrogen and oxygen atoms in total. The van der Waals surface area contributed by atoms with Crippen molar-refractivity contribution in [1.29, 1.82) is 0 Å². The summed E-state index contributed by atoms with van der Waals surface area (Å²) in [4.78, 5) is 22.5. The van der Waals surface area contributed by atoms with E-state index in [1.807, 2.05) is 13.1 Å². The molecule has 1 N–H and O–H groups in total. The molecule has 0 radical (unpaired) electrons. The van der Waals surface area contributed by atoms with E-state index in [0.717, 1.165) is 64.7 Å². The first kappa shape index (κ1) is 26.1. The monoisotopic (exact) mass is 495 g/mol. The molecular formula is C19H38IN5O2. The molecule has 0 aliphatic carbocycles. The Labute approximate surface area is 182 Å². The van der Waals surface area contributed by atoms with Crippen LogP contribution < -0.4 is 5.32 Å². The SMILES string of the molecule is C=CCCCCCN(C)C(=NCC(=O)N(C)C)NCCN1CCOCC1.I. The van der Waals surface area contributed by atoms with Crippen LogP contribution in [-0.2, 0) is 9.53 Å². The van der Waals surface area contributed by atoms with Gasteiger partial charge in [-0.1, -0.05) is 12.5 Å². The number of nitrogens with zero attached hydrogens (tertiary/aromatic N) is 4. The zero-order chi connectivity index (χ0) is 19.2. The maximum atomic E-state index is 11.9. The normalized spacial score (nSPS) is 15.0. The Balaban J connectivity index is 0.00000676. The summed E-state index contributed by atoms with van der Waals surface area (Å²) in [5, 5.41) is 3.42. The number of morpholine rings is 1. The van der Waals surface area contributed by atoms with Crippen LogP contribution in [0.5, 0.6) is 0 Å². The number of guanidine groups is 1. The van der Waals surface area contributed by atoms with E-state index in [1.54, 1.807) is 19.0 Å². The maximum absolute atomic E-state index is 11.9. The minimum atomic E-state index is 0. The first-order valence-corrected chi connectivity index (χ1v) is 9.65. The standard InChI is InChI=1S/C19H37N5O2.HI/c1-5-6-7-8-9-11-23(4)19(21-17-18(25)22(2)3)20-10-12-24-13-15-26-16-14-24;/h5H,1,6-17H2,2-4H3,(H,20,21);1H. The van der Waals surface area contributed by atoms with Gasteiger partial charge < -0.3 is 19.9 Å². The highest BCUT2D eigenvalue weighted by Crippen LogP contribution is 2.02. The molecule has 1 aliphatic heterocycles. The molecule has 0 aromatic carbocycles. The number of rotatable bonds is 11. The fraction of sp³-hybridized carbons (Fsp3) is 0.789. The number of nitrogens with one attached hydrogen (secondary N) is 1. The average Bonchev–Trinajstić information content (AvgIpc) is 2.64. The topological polar surface area (TPSA) is 60.4 Å². The van der Waals surface area contributed by atoms with Crippen LogP contribution in [0.4, 0.5) is 0 Å². The summed E-state index contributed by atoms with van der Waals surface area (Å²) in [6, 6.07) is 0. The van der Waals surface area contributed by atoms with Gasteiger partial charge in [-0.15, -0.1) is 30.6 Å². The molecule has 1 amide bonds. The molecule has 0 bridgehead atoms. The summed E-state index contributed by atoms with van der Waals surface area (Å²) in [5.41, 5.74) is 0. The third kappa shape index (κ3) is 12.2. The Hall–Kier alpha value is -0.870. The van der Waals surface area contributed by atoms with Crippen LogP contribution in [0.3, 0.4) is 0 Å². The van der Waals surface area contributed by atoms with Crippen molar-refractivity contribution < 1.29 is 9.53 Å². The predicted molar refractivity (Wildman–Crippen MR) is 123 cm³/mol. The molecule has 0 unspecified atom stereocenters. The van der Waals surface area contributed by atoms with Crippen molar-refractivity contribution >= 4 is 35.8 Å². The molecule has 1 heterocycles. The second kappa shape index (κ2) is 16.1. The van der Waals surface area contributed by atoms with Crippen LogP contribution in [0.15, 0.2) is 17.6 Å². The Kier molecular flexibility index (Phi) is 15.6. The van der Waals surface area contributed by atoms with Crippen molar-refractivity contribution in [2.45, 2.75) is 25.7 Å². The van der Waals surface area contributed by atoms with E-state index in [-0.39, 0.29) is 36.4 Å². The lowest BCUT2D eigenvalue weighted by Crippen LogP contribution is -2.45. The van der Waals surface area contributed by atoms with Gasteiger partial charge >= 0.3 is 0 Å². The first-order chi connectivity index (χ1) is 12.5. The lowest BCUT2D eigenvalue weighted by molar-refractivity contribution is -0.127. The van der Waals surface area contributed by atoms with E-state index >= 15 is 0 Å². The second-order valence-corrected chi connectivity index (χ2v) is 6.87. The molecular weight excluding hydrogens is 457 g/mol. The number of carbonyl (C=O) groups excluding carboxylic acids is 1. The highest BCUT2D eigenvalue weighted by atomic mass is 127. The van der Waals surface area contributed by atoms with Gasteiger partial charge in [-0.3, -0.25) is 9.69 Å². The predicted octanol–water partition coefficient (Wildman–Crippen LogP) is 1.65. The zero-order valence-corrected chi connectivity index (χ0v) is 19.6. The summed E-state index contributed by atoms with van der Waals surface area (Å²) >= 11 is 0. The first-order valence-electron chi connectivity index (χ1n) is 9.65. The van der Waals surface area contributed by atoms with Crippen molar-refractivity contribution in [1.82, 2.24) is 20.0 Å². The largest absolute Gasteiger partial charge is 0.379 e. The Morgan fingerprint density at radius 2 is 1.93 bits per heavy atom. The minimum absolute atomic E-state index is 0. The number of carbonyl (C=O) groups is 1. The summed E-state index contributed by atoms with van der Waals surface area (Å²) in [5.74, 6) is 0.814. The van der Waals surface area contributed by atoms with Gasteiger partial charge in [0.1, 0.15) is 6.54 Å². The molecule has 0 atom stereocenters. The van der Waals surface area contributed by atoms with E-state index in [2.05, 4.69) is 26.7 Å². The third-order valence-corrected chi connectivity index (χ3v) is 4.44. The van der Waals surface area contributed by atoms with Crippen molar-refractivity contribution in [2.24, 2.45) is 4.99 Å². The number of aliphatic imine (C=N–C) groups is 1. The highest BCUT2D eigenvalue weighted by Gasteiger charge is 2.12. The van der Waals surface area contributed by atoms with Crippen LogP contribution in [0.2, 0.25) is 0 Å². The van der Waals surface area contributed by atoms with E-state index < -0.39 is 0 Å². The molecule has 158 valence electrons. The summed E-state index contributed by atoms with van der Waals surface area (Å²) < 4.78 is 5.38. The number of unbranched alkanes of at least 4 members (excludes halogenated alkanes) is 3. The second-order valence-electron chi connectivity index (χ2n) is 6.87. The lowest BCUT2D eigenvalue weighted by Gasteiger charge is -2.28. The van der Waals surface area contributed by atoms with Crippen molar-refractivity contribution in [2.75, 3.05) is 73.6 Å². The Morgan fingerprint density at radius 3 is 2.56 bits per heavy atom. The molecule has 1 fully saturated rings. The molecule has 0 spiro atoms. The molecule has 0 aromatic rings. The van der Waals surface area contributed by atoms with Gasteiger partial charge in [-0.2, -0.15) is 0 Å². The number of hydrogen-bond donors (Lipinski definition) is 1. The lowest BCUT2D eigenvalue weighted by atomic mass is 10.2. The summed E-state index contributed by atoms with van der Waals surface area (Å²) in [6.07, 6.45) is 6.49. The van der Waals surface area contributed by atoms with Gasteiger partial charge in [0.2, 0.25) is 5.91 Å². The average molecular weight is 495 g/mol. The van der Waals surface area contributed by atoms with E-state index in [4.69, 9.17) is 4.74 Å². The maximum Gasteiger partial charge on any atom is 0.243 e. The van der Waals surface area contributed by atoms with Gasteiger partial charge in [0.25, 0.3) is 0 Å². The number of halogens is 1. The van der Waals surface area contributed by atoms with E-state index in [9.17, 15) is 4.79 Å². The van der Waals surface area contributed by atoms with Gasteiger partial charge in [0, 0.05) is 53.9 Å². The number of amides is 1. The fourth-order valence-corrected chi connectivity index (χ4v) is 2.67. The molecule has 27 heavy (non-hydrogen) atoms. The molecule has 1 saturated heterocycles. The van der Waals surface area contributed by atoms with Gasteiger partial charge in [-0.05, 0) is 19.3 Å². The van der Waals surface area contributed by atoms with E-state index in [1.165, 1.54) is 12.8 Å². The zero-order valence-electron chi connectivity index (χ0n) is 17.3. The van der Waals surface area contributed by atoms with E-state index in [0.29, 0.717) is 0 Å². The van der Waals surface area contributed by atoms with Crippen molar-refractivity contribution in [3.8, 4) is 0 Å². The minimum Gasteiger partial charge on any atom is -0.379 e. The molecule has 1 rings (SSSR count). The molecule has 1 aliphatic rings. The molecule has 8 heteroatoms. The third-order valence-electron chi connectivity index (χ3n) is 4.44. The van der Waals surface area contributed by atoms with Crippen LogP contribution in [0.1, 0.15) is 25.7 Å². The van der Waals surface area contributed by atoms with Crippen LogP contribution in [-0.4, -0.2) is 100 Å². The number of allylic oxidation sites excluding steroid dienone is 1. The number of hydrogen-bond acceptors (Lipinski definition) is 4. The summed E-state index contributed by atoms with van der Waals surface area (Å²) in [7, 11) is 5.55. The van der Waals surface area contributed by atoms with Crippen LogP contribution >= 0.6 is 24.0 Å². The smallest absolute Gasteiger partial charge is 0.243 e. The van der Waals surface area contributed by atoms with Gasteiger partial charge in [-0.25, -0.2) is 4.99 Å².